The van der Waals surface area contributed by atoms with Gasteiger partial charge in [0.15, 0.2) is 5.78 Å². The fourth-order valence-corrected chi connectivity index (χ4v) is 5.06. The van der Waals surface area contributed by atoms with E-state index in [4.69, 9.17) is 4.74 Å². The summed E-state index contributed by atoms with van der Waals surface area (Å²) in [6.45, 7) is 6.34. The topological polar surface area (TPSA) is 141 Å². The number of nitrogens with zero attached hydrogens (tertiary/aromatic N) is 5. The average molecular weight is 508 g/mol. The molecule has 1 aromatic carbocycles. The number of hydrogen-bond donors (Lipinski definition) is 0. The van der Waals surface area contributed by atoms with Gasteiger partial charge >= 0.3 is 5.97 Å². The number of piperazine rings is 1. The summed E-state index contributed by atoms with van der Waals surface area (Å²) in [6.07, 6.45) is 1.05. The van der Waals surface area contributed by atoms with Crippen molar-refractivity contribution < 1.29 is 19.2 Å². The summed E-state index contributed by atoms with van der Waals surface area (Å²) < 4.78 is 5.02. The lowest BCUT2D eigenvalue weighted by Crippen LogP contribution is -2.44. The fraction of sp³-hybridized carbons (Fsp3) is 0.360. The van der Waals surface area contributed by atoms with Gasteiger partial charge in [0.1, 0.15) is 22.7 Å². The molecule has 36 heavy (non-hydrogen) atoms. The summed E-state index contributed by atoms with van der Waals surface area (Å²) in [5.41, 5.74) is 1.18. The van der Waals surface area contributed by atoms with Crippen LogP contribution < -0.4 is 4.90 Å². The molecule has 11 heteroatoms. The zero-order chi connectivity index (χ0) is 26.4. The molecule has 0 bridgehead atoms. The number of anilines is 1. The molecule has 3 rings (SSSR count). The molecule has 0 aliphatic carbocycles. The van der Waals surface area contributed by atoms with E-state index < -0.39 is 16.7 Å². The lowest BCUT2D eigenvalue weighted by molar-refractivity contribution is -0.384. The number of nitriles is 2. The Kier molecular flexibility index (Phi) is 8.54. The normalized spacial score (nSPS) is 14.1. The van der Waals surface area contributed by atoms with Gasteiger partial charge in [-0.2, -0.15) is 10.5 Å². The summed E-state index contributed by atoms with van der Waals surface area (Å²) in [5, 5.41) is 30.9. The number of benzene rings is 1. The predicted octanol–water partition coefficient (Wildman–Crippen LogP) is 3.48. The van der Waals surface area contributed by atoms with E-state index in [9.17, 15) is 30.2 Å². The van der Waals surface area contributed by atoms with E-state index in [-0.39, 0.29) is 34.7 Å². The minimum Gasteiger partial charge on any atom is -0.462 e. The van der Waals surface area contributed by atoms with Gasteiger partial charge < -0.3 is 14.5 Å². The molecule has 186 valence electrons. The first-order valence-corrected chi connectivity index (χ1v) is 12.1. The summed E-state index contributed by atoms with van der Waals surface area (Å²) >= 11 is 0.993. The Morgan fingerprint density at radius 2 is 1.94 bits per heavy atom. The monoisotopic (exact) mass is 507 g/mol. The van der Waals surface area contributed by atoms with Crippen LogP contribution >= 0.6 is 11.3 Å². The van der Waals surface area contributed by atoms with Crippen LogP contribution in [0.5, 0.6) is 0 Å². The molecule has 0 amide bonds. The van der Waals surface area contributed by atoms with E-state index in [2.05, 4.69) is 4.90 Å². The van der Waals surface area contributed by atoms with Gasteiger partial charge in [-0.15, -0.1) is 11.3 Å². The van der Waals surface area contributed by atoms with E-state index in [1.165, 1.54) is 12.1 Å². The first-order valence-electron chi connectivity index (χ1n) is 11.3. The molecule has 10 nitrogen and oxygen atoms in total. The number of esters is 1. The maximum absolute atomic E-state index is 12.9. The van der Waals surface area contributed by atoms with E-state index in [1.54, 1.807) is 26.0 Å². The first-order chi connectivity index (χ1) is 17.2. The molecule has 0 saturated carbocycles. The number of carbonyl (C=O) groups is 2. The van der Waals surface area contributed by atoms with Gasteiger partial charge in [0.25, 0.3) is 5.69 Å². The van der Waals surface area contributed by atoms with Crippen LogP contribution in [0.1, 0.15) is 38.2 Å². The molecule has 1 fully saturated rings. The molecule has 2 heterocycles. The van der Waals surface area contributed by atoms with Crippen molar-refractivity contribution in [3.8, 4) is 12.1 Å². The number of nitro benzene ring substituents is 1. The quantitative estimate of drug-likeness (QED) is 0.173. The maximum atomic E-state index is 12.9. The Morgan fingerprint density at radius 3 is 2.53 bits per heavy atom. The van der Waals surface area contributed by atoms with Crippen LogP contribution in [0.4, 0.5) is 11.4 Å². The molecule has 0 radical (unpaired) electrons. The van der Waals surface area contributed by atoms with E-state index in [1.807, 2.05) is 24.1 Å². The number of nitro groups is 1. The number of ether oxygens (including phenoxy) is 1. The smallest absolute Gasteiger partial charge is 0.348 e. The summed E-state index contributed by atoms with van der Waals surface area (Å²) in [6, 6.07) is 8.51. The maximum Gasteiger partial charge on any atom is 0.348 e. The summed E-state index contributed by atoms with van der Waals surface area (Å²) in [5.74, 6) is -1.13. The van der Waals surface area contributed by atoms with Crippen molar-refractivity contribution >= 4 is 40.5 Å². The van der Waals surface area contributed by atoms with E-state index in [0.717, 1.165) is 24.4 Å². The summed E-state index contributed by atoms with van der Waals surface area (Å²) in [4.78, 5) is 41.1. The molecular formula is C25H25N5O5S. The Morgan fingerprint density at radius 1 is 1.25 bits per heavy atom. The predicted molar refractivity (Wildman–Crippen MR) is 135 cm³/mol. The number of carbonyl (C=O) groups excluding carboxylic acids is 2. The molecule has 1 saturated heterocycles. The number of Topliss-reactive ketones (excluding diaryl/α,β-unsaturated/α-hetero) is 1. The van der Waals surface area contributed by atoms with Crippen molar-refractivity contribution in [1.29, 1.82) is 10.5 Å². The van der Waals surface area contributed by atoms with E-state index in [0.29, 0.717) is 34.8 Å². The van der Waals surface area contributed by atoms with Crippen molar-refractivity contribution in [2.24, 2.45) is 0 Å². The van der Waals surface area contributed by atoms with Crippen LogP contribution in [0.25, 0.3) is 6.08 Å². The highest BCUT2D eigenvalue weighted by molar-refractivity contribution is 7.14. The molecule has 1 aromatic heterocycles. The van der Waals surface area contributed by atoms with Crippen LogP contribution in [0.2, 0.25) is 0 Å². The average Bonchev–Trinajstić information content (AvgIpc) is 3.17. The highest BCUT2D eigenvalue weighted by Gasteiger charge is 2.25. The highest BCUT2D eigenvalue weighted by atomic mass is 32.1. The number of rotatable bonds is 8. The Balaban J connectivity index is 1.89. The fourth-order valence-electron chi connectivity index (χ4n) is 3.91. The Labute approximate surface area is 212 Å². The van der Waals surface area contributed by atoms with Crippen molar-refractivity contribution in [3.63, 3.8) is 0 Å². The van der Waals surface area contributed by atoms with Crippen LogP contribution in [0, 0.1) is 39.7 Å². The van der Waals surface area contributed by atoms with E-state index >= 15 is 0 Å². The van der Waals surface area contributed by atoms with Crippen LogP contribution in [-0.4, -0.2) is 61.4 Å². The van der Waals surface area contributed by atoms with Gasteiger partial charge in [0.2, 0.25) is 0 Å². The number of allylic oxidation sites excluding steroid dienone is 1. The standard InChI is InChI=1S/C25H25N5O5S/c1-4-35-25(32)24-16(2)19(15-27)23(36-24)13-22(31)18(14-26)11-17-5-6-20(21(12-17)30(33)34)29-9-7-28(3)8-10-29/h5-6,11-12H,4,7-10,13H2,1-3H3/b18-11-. The van der Waals surface area contributed by atoms with Crippen LogP contribution in [0.15, 0.2) is 23.8 Å². The van der Waals surface area contributed by atoms with Crippen molar-refractivity contribution in [2.75, 3.05) is 44.7 Å². The van der Waals surface area contributed by atoms with Gasteiger partial charge in [-0.1, -0.05) is 6.07 Å². The van der Waals surface area contributed by atoms with Crippen molar-refractivity contribution in [2.45, 2.75) is 20.3 Å². The molecule has 2 aromatic rings. The third kappa shape index (κ3) is 5.77. The van der Waals surface area contributed by atoms with Crippen molar-refractivity contribution in [1.82, 2.24) is 4.90 Å². The van der Waals surface area contributed by atoms with Gasteiger partial charge in [0.05, 0.1) is 22.7 Å². The van der Waals surface area contributed by atoms with Gasteiger partial charge in [-0.05, 0) is 44.2 Å². The number of likely N-dealkylation sites (N-methyl/N-ethyl adjacent to an activating group) is 1. The largest absolute Gasteiger partial charge is 0.462 e. The third-order valence-electron chi connectivity index (χ3n) is 5.89. The highest BCUT2D eigenvalue weighted by Crippen LogP contribution is 2.32. The van der Waals surface area contributed by atoms with Gasteiger partial charge in [-0.25, -0.2) is 4.79 Å². The zero-order valence-corrected chi connectivity index (χ0v) is 21.1. The van der Waals surface area contributed by atoms with Gasteiger partial charge in [-0.3, -0.25) is 14.9 Å². The van der Waals surface area contributed by atoms with Crippen LogP contribution in [-0.2, 0) is 16.0 Å². The lowest BCUT2D eigenvalue weighted by atomic mass is 10.0. The number of thiophene rings is 1. The van der Waals surface area contributed by atoms with Crippen molar-refractivity contribution in [3.05, 3.63) is 60.3 Å². The third-order valence-corrected chi connectivity index (χ3v) is 7.16. The second-order valence-electron chi connectivity index (χ2n) is 8.25. The molecule has 0 N–H and O–H groups in total. The SMILES string of the molecule is CCOC(=O)c1sc(CC(=O)/C(C#N)=C\c2ccc(N3CCN(C)CC3)c([N+](=O)[O-])c2)c(C#N)c1C. The van der Waals surface area contributed by atoms with Crippen LogP contribution in [0.3, 0.4) is 0 Å². The van der Waals surface area contributed by atoms with Gasteiger partial charge in [0, 0.05) is 43.5 Å². The minimum absolute atomic E-state index is 0.0993. The Bertz CT molecular complexity index is 1310. The second kappa shape index (κ2) is 11.6. The minimum atomic E-state index is -0.570. The second-order valence-corrected chi connectivity index (χ2v) is 9.36. The number of hydrogen-bond acceptors (Lipinski definition) is 10. The molecule has 0 unspecified atom stereocenters. The molecule has 1 aliphatic heterocycles. The molecular weight excluding hydrogens is 482 g/mol. The molecule has 0 spiro atoms. The summed E-state index contributed by atoms with van der Waals surface area (Å²) in [7, 11) is 1.99. The number of ketones is 1. The lowest BCUT2D eigenvalue weighted by Gasteiger charge is -2.33. The zero-order valence-electron chi connectivity index (χ0n) is 20.2. The Hall–Kier alpha value is -4.06. The first kappa shape index (κ1) is 26.5. The molecule has 0 atom stereocenters. The molecule has 1 aliphatic rings.